The molecule has 0 aromatic heterocycles. The summed E-state index contributed by atoms with van der Waals surface area (Å²) in [5, 5.41) is 0. The van der Waals surface area contributed by atoms with Gasteiger partial charge < -0.3 is 9.80 Å². The number of nitrogens with zero attached hydrogens (tertiary/aromatic N) is 2. The minimum atomic E-state index is 0.256. The molecule has 0 radical (unpaired) electrons. The van der Waals surface area contributed by atoms with Gasteiger partial charge in [0.15, 0.2) is 0 Å². The van der Waals surface area contributed by atoms with E-state index >= 15 is 0 Å². The normalized spacial score (nSPS) is 15.4. The van der Waals surface area contributed by atoms with E-state index in [2.05, 4.69) is 36.4 Å². The van der Waals surface area contributed by atoms with Crippen LogP contribution in [-0.2, 0) is 22.4 Å². The number of carbonyl (C=O) groups excluding carboxylic acids is 2. The van der Waals surface area contributed by atoms with Crippen molar-refractivity contribution >= 4 is 23.2 Å². The van der Waals surface area contributed by atoms with Gasteiger partial charge in [-0.15, -0.1) is 0 Å². The molecule has 31 heavy (non-hydrogen) atoms. The van der Waals surface area contributed by atoms with Gasteiger partial charge in [0.1, 0.15) is 0 Å². The number of fused-ring (bicyclic) bond motifs is 2. The maximum atomic E-state index is 12.7. The van der Waals surface area contributed by atoms with Gasteiger partial charge in [-0.25, -0.2) is 0 Å². The van der Waals surface area contributed by atoms with Crippen molar-refractivity contribution in [3.05, 3.63) is 59.7 Å². The van der Waals surface area contributed by atoms with Crippen molar-refractivity contribution in [1.29, 1.82) is 0 Å². The number of aryl methyl sites for hydroxylation is 2. The second-order valence-electron chi connectivity index (χ2n) is 8.82. The monoisotopic (exact) mass is 418 g/mol. The predicted octanol–water partition coefficient (Wildman–Crippen LogP) is 5.68. The van der Waals surface area contributed by atoms with Crippen molar-refractivity contribution in [2.75, 3.05) is 22.9 Å². The highest BCUT2D eigenvalue weighted by Gasteiger charge is 2.22. The Labute approximate surface area is 186 Å². The van der Waals surface area contributed by atoms with E-state index in [4.69, 9.17) is 0 Å². The number of hydrogen-bond donors (Lipinski definition) is 0. The molecule has 0 atom stereocenters. The van der Waals surface area contributed by atoms with Gasteiger partial charge in [0, 0.05) is 37.3 Å². The molecule has 0 bridgehead atoms. The fraction of sp³-hybridized carbons (Fsp3) is 0.481. The summed E-state index contributed by atoms with van der Waals surface area (Å²) in [6, 6.07) is 16.6. The van der Waals surface area contributed by atoms with E-state index in [1.807, 2.05) is 21.9 Å². The summed E-state index contributed by atoms with van der Waals surface area (Å²) >= 11 is 0. The van der Waals surface area contributed by atoms with E-state index in [9.17, 15) is 9.59 Å². The molecule has 0 saturated heterocycles. The Bertz CT molecular complexity index is 834. The van der Waals surface area contributed by atoms with Crippen molar-refractivity contribution in [2.45, 2.75) is 70.6 Å². The maximum Gasteiger partial charge on any atom is 0.226 e. The van der Waals surface area contributed by atoms with E-state index in [1.54, 1.807) is 0 Å². The molecule has 0 saturated carbocycles. The lowest BCUT2D eigenvalue weighted by Gasteiger charge is -2.29. The van der Waals surface area contributed by atoms with Crippen LogP contribution in [0.2, 0.25) is 0 Å². The highest BCUT2D eigenvalue weighted by atomic mass is 16.2. The summed E-state index contributed by atoms with van der Waals surface area (Å²) in [7, 11) is 0. The predicted molar refractivity (Wildman–Crippen MR) is 127 cm³/mol. The molecule has 0 spiro atoms. The average molecular weight is 419 g/mol. The van der Waals surface area contributed by atoms with Gasteiger partial charge >= 0.3 is 0 Å². The van der Waals surface area contributed by atoms with Crippen molar-refractivity contribution in [3.63, 3.8) is 0 Å². The third kappa shape index (κ3) is 5.36. The van der Waals surface area contributed by atoms with Crippen LogP contribution in [0.25, 0.3) is 0 Å². The molecule has 0 aliphatic carbocycles. The topological polar surface area (TPSA) is 40.6 Å². The second kappa shape index (κ2) is 10.6. The van der Waals surface area contributed by atoms with Crippen LogP contribution < -0.4 is 9.80 Å². The number of anilines is 2. The van der Waals surface area contributed by atoms with Crippen molar-refractivity contribution < 1.29 is 9.59 Å². The lowest BCUT2D eigenvalue weighted by atomic mass is 10.0. The molecule has 2 heterocycles. The van der Waals surface area contributed by atoms with Gasteiger partial charge in [-0.1, -0.05) is 55.7 Å². The van der Waals surface area contributed by atoms with E-state index in [0.717, 1.165) is 82.3 Å². The lowest BCUT2D eigenvalue weighted by Crippen LogP contribution is -2.35. The third-order valence-electron chi connectivity index (χ3n) is 6.60. The molecular formula is C27H34N2O2. The minimum Gasteiger partial charge on any atom is -0.312 e. The molecular weight excluding hydrogens is 384 g/mol. The average Bonchev–Trinajstić information content (AvgIpc) is 2.82. The second-order valence-corrected chi connectivity index (χ2v) is 8.82. The van der Waals surface area contributed by atoms with Crippen molar-refractivity contribution in [3.8, 4) is 0 Å². The van der Waals surface area contributed by atoms with Gasteiger partial charge in [0.25, 0.3) is 0 Å². The van der Waals surface area contributed by atoms with Crippen molar-refractivity contribution in [2.24, 2.45) is 0 Å². The Morgan fingerprint density at radius 2 is 1.03 bits per heavy atom. The molecule has 0 fully saturated rings. The minimum absolute atomic E-state index is 0.256. The molecule has 4 nitrogen and oxygen atoms in total. The number of amides is 2. The van der Waals surface area contributed by atoms with Crippen LogP contribution in [-0.4, -0.2) is 24.9 Å². The van der Waals surface area contributed by atoms with Crippen LogP contribution in [0.3, 0.4) is 0 Å². The molecule has 164 valence electrons. The highest BCUT2D eigenvalue weighted by molar-refractivity contribution is 5.95. The van der Waals surface area contributed by atoms with Gasteiger partial charge in [-0.3, -0.25) is 9.59 Å². The first kappa shape index (κ1) is 21.6. The fourth-order valence-electron chi connectivity index (χ4n) is 4.94. The van der Waals surface area contributed by atoms with Gasteiger partial charge in [0.05, 0.1) is 0 Å². The molecule has 0 unspecified atom stereocenters. The standard InChI is InChI=1S/C27H34N2O2/c30-26(28-20-10-14-22-12-6-8-16-24(22)28)18-4-2-1-3-5-19-27(31)29-21-11-15-23-13-7-9-17-25(23)29/h6-9,12-13,16-17H,1-5,10-11,14-15,18-21H2. The Hall–Kier alpha value is -2.62. The number of benzene rings is 2. The van der Waals surface area contributed by atoms with Crippen LogP contribution in [0.15, 0.2) is 48.5 Å². The van der Waals surface area contributed by atoms with Crippen LogP contribution in [0, 0.1) is 0 Å². The molecule has 2 amide bonds. The SMILES string of the molecule is O=C(CCCCCCCC(=O)N1CCCc2ccccc21)N1CCCc2ccccc21. The van der Waals surface area contributed by atoms with Gasteiger partial charge in [-0.2, -0.15) is 0 Å². The molecule has 0 N–H and O–H groups in total. The first-order chi connectivity index (χ1) is 15.2. The summed E-state index contributed by atoms with van der Waals surface area (Å²) in [6.07, 6.45) is 10.6. The number of carbonyl (C=O) groups is 2. The molecule has 4 heteroatoms. The summed E-state index contributed by atoms with van der Waals surface area (Å²) in [5.74, 6) is 0.511. The number of hydrogen-bond acceptors (Lipinski definition) is 2. The number of unbranched alkanes of at least 4 members (excludes halogenated alkanes) is 4. The van der Waals surface area contributed by atoms with E-state index in [1.165, 1.54) is 11.1 Å². The summed E-state index contributed by atoms with van der Waals surface area (Å²) in [4.78, 5) is 29.3. The lowest BCUT2D eigenvalue weighted by molar-refractivity contribution is -0.119. The third-order valence-corrected chi connectivity index (χ3v) is 6.60. The number of rotatable bonds is 8. The molecule has 2 aliphatic rings. The van der Waals surface area contributed by atoms with E-state index in [0.29, 0.717) is 12.8 Å². The largest absolute Gasteiger partial charge is 0.312 e. The molecule has 2 aromatic rings. The first-order valence-electron chi connectivity index (χ1n) is 12.0. The molecule has 4 rings (SSSR count). The molecule has 2 aliphatic heterocycles. The quantitative estimate of drug-likeness (QED) is 0.518. The molecule has 2 aromatic carbocycles. The van der Waals surface area contributed by atoms with Gasteiger partial charge in [-0.05, 0) is 61.8 Å². The van der Waals surface area contributed by atoms with Crippen molar-refractivity contribution in [1.82, 2.24) is 0 Å². The Morgan fingerprint density at radius 1 is 0.613 bits per heavy atom. The highest BCUT2D eigenvalue weighted by Crippen LogP contribution is 2.28. The zero-order valence-corrected chi connectivity index (χ0v) is 18.5. The summed E-state index contributed by atoms with van der Waals surface area (Å²) in [5.41, 5.74) is 4.80. The summed E-state index contributed by atoms with van der Waals surface area (Å²) in [6.45, 7) is 1.69. The van der Waals surface area contributed by atoms with Crippen LogP contribution in [0.1, 0.15) is 68.9 Å². The zero-order valence-electron chi connectivity index (χ0n) is 18.5. The smallest absolute Gasteiger partial charge is 0.226 e. The van der Waals surface area contributed by atoms with Crippen LogP contribution in [0.4, 0.5) is 11.4 Å². The van der Waals surface area contributed by atoms with Crippen LogP contribution >= 0.6 is 0 Å². The number of para-hydroxylation sites is 2. The van der Waals surface area contributed by atoms with E-state index < -0.39 is 0 Å². The zero-order chi connectivity index (χ0) is 21.5. The van der Waals surface area contributed by atoms with E-state index in [-0.39, 0.29) is 11.8 Å². The Balaban J connectivity index is 1.13. The summed E-state index contributed by atoms with van der Waals surface area (Å²) < 4.78 is 0. The Morgan fingerprint density at radius 3 is 1.52 bits per heavy atom. The van der Waals surface area contributed by atoms with Crippen LogP contribution in [0.5, 0.6) is 0 Å². The first-order valence-corrected chi connectivity index (χ1v) is 12.0. The Kier molecular flexibility index (Phi) is 7.39. The maximum absolute atomic E-state index is 12.7. The van der Waals surface area contributed by atoms with Gasteiger partial charge in [0.2, 0.25) is 11.8 Å². The fourth-order valence-corrected chi connectivity index (χ4v) is 4.94.